The predicted molar refractivity (Wildman–Crippen MR) is 131 cm³/mol. The summed E-state index contributed by atoms with van der Waals surface area (Å²) in [5, 5.41) is 16.0. The number of aryl methyl sites for hydroxylation is 1. The molecule has 0 aliphatic rings. The van der Waals surface area contributed by atoms with E-state index in [4.69, 9.17) is 20.4 Å². The molecule has 2 aromatic carbocycles. The minimum absolute atomic E-state index is 0.282. The van der Waals surface area contributed by atoms with Gasteiger partial charge in [0, 0.05) is 41.5 Å². The number of aliphatic carboxylic acids is 1. The third kappa shape index (κ3) is 4.75. The SMILES string of the molecule is CC(=O)O.COC(=O)c1ccc2c(c1)c(-c1nc3cc4[nH]ncc4cc3[nH]c1=O)cn2CCCN. The van der Waals surface area contributed by atoms with Gasteiger partial charge in [0.2, 0.25) is 0 Å². The summed E-state index contributed by atoms with van der Waals surface area (Å²) in [4.78, 5) is 41.7. The summed E-state index contributed by atoms with van der Waals surface area (Å²) < 4.78 is 6.89. The largest absolute Gasteiger partial charge is 0.481 e. The lowest BCUT2D eigenvalue weighted by Crippen LogP contribution is -2.11. The molecule has 5 rings (SSSR count). The second kappa shape index (κ2) is 9.77. The summed E-state index contributed by atoms with van der Waals surface area (Å²) in [7, 11) is 1.34. The molecule has 0 bridgehead atoms. The minimum Gasteiger partial charge on any atom is -0.481 e. The van der Waals surface area contributed by atoms with Crippen molar-refractivity contribution >= 4 is 44.8 Å². The number of esters is 1. The molecule has 0 atom stereocenters. The number of rotatable bonds is 5. The lowest BCUT2D eigenvalue weighted by Gasteiger charge is -2.05. The molecule has 0 spiro atoms. The Balaban J connectivity index is 0.000000672. The van der Waals surface area contributed by atoms with Crippen LogP contribution in [0.4, 0.5) is 0 Å². The average molecular weight is 476 g/mol. The average Bonchev–Trinajstić information content (AvgIpc) is 3.43. The maximum absolute atomic E-state index is 13.0. The smallest absolute Gasteiger partial charge is 0.337 e. The Hall–Kier alpha value is -4.51. The van der Waals surface area contributed by atoms with E-state index < -0.39 is 11.9 Å². The zero-order chi connectivity index (χ0) is 25.1. The van der Waals surface area contributed by atoms with Crippen molar-refractivity contribution in [1.29, 1.82) is 0 Å². The second-order valence-electron chi connectivity index (χ2n) is 7.86. The van der Waals surface area contributed by atoms with Gasteiger partial charge < -0.3 is 25.1 Å². The van der Waals surface area contributed by atoms with E-state index in [1.54, 1.807) is 18.3 Å². The van der Waals surface area contributed by atoms with Gasteiger partial charge in [0.25, 0.3) is 11.5 Å². The Morgan fingerprint density at radius 1 is 1.20 bits per heavy atom. The van der Waals surface area contributed by atoms with E-state index in [-0.39, 0.29) is 11.3 Å². The number of ether oxygens (including phenoxy) is 1. The van der Waals surface area contributed by atoms with E-state index >= 15 is 0 Å². The number of carbonyl (C=O) groups is 2. The summed E-state index contributed by atoms with van der Waals surface area (Å²) in [6.07, 6.45) is 4.36. The molecule has 0 amide bonds. The van der Waals surface area contributed by atoms with Crippen molar-refractivity contribution in [3.8, 4) is 11.3 Å². The molecule has 0 unspecified atom stereocenters. The molecule has 3 heterocycles. The maximum atomic E-state index is 13.0. The van der Waals surface area contributed by atoms with Crippen LogP contribution >= 0.6 is 0 Å². The Morgan fingerprint density at radius 2 is 1.97 bits per heavy atom. The molecule has 5 N–H and O–H groups in total. The Morgan fingerprint density at radius 3 is 2.69 bits per heavy atom. The molecular formula is C24H24N6O5. The fourth-order valence-corrected chi connectivity index (χ4v) is 3.89. The van der Waals surface area contributed by atoms with Crippen LogP contribution in [-0.4, -0.2) is 55.4 Å². The van der Waals surface area contributed by atoms with Gasteiger partial charge in [-0.3, -0.25) is 14.7 Å². The van der Waals surface area contributed by atoms with Gasteiger partial charge in [-0.1, -0.05) is 0 Å². The summed E-state index contributed by atoms with van der Waals surface area (Å²) in [6.45, 7) is 2.31. The number of fused-ring (bicyclic) bond motifs is 3. The number of nitrogens with one attached hydrogen (secondary N) is 2. The summed E-state index contributed by atoms with van der Waals surface area (Å²) >= 11 is 0. The quantitative estimate of drug-likeness (QED) is 0.281. The second-order valence-corrected chi connectivity index (χ2v) is 7.86. The molecule has 0 aliphatic heterocycles. The zero-order valence-electron chi connectivity index (χ0n) is 19.2. The number of nitrogens with zero attached hydrogens (tertiary/aromatic N) is 3. The fraction of sp³-hybridized carbons (Fsp3) is 0.208. The van der Waals surface area contributed by atoms with Crippen LogP contribution in [0.3, 0.4) is 0 Å². The standard InChI is InChI=1S/C22H20N6O3.C2H4O2/c1-31-22(30)12-3-4-19-14(7-12)15(11-28(19)6-2-5-23)20-21(29)26-17-8-13-10-24-27-16(13)9-18(17)25-20;1-2(3)4/h3-4,7-11H,2,5-6,23H2,1H3,(H,24,27)(H,26,29);1H3,(H,3,4). The van der Waals surface area contributed by atoms with Gasteiger partial charge in [-0.05, 0) is 43.3 Å². The van der Waals surface area contributed by atoms with Gasteiger partial charge in [-0.15, -0.1) is 0 Å². The number of H-pyrrole nitrogens is 2. The molecule has 0 aliphatic carbocycles. The summed E-state index contributed by atoms with van der Waals surface area (Å²) in [5.41, 5.74) is 9.70. The molecule has 180 valence electrons. The molecule has 0 saturated heterocycles. The number of aromatic amines is 2. The van der Waals surface area contributed by atoms with Crippen molar-refractivity contribution < 1.29 is 19.4 Å². The third-order valence-electron chi connectivity index (χ3n) is 5.41. The fourth-order valence-electron chi connectivity index (χ4n) is 3.89. The third-order valence-corrected chi connectivity index (χ3v) is 5.41. The van der Waals surface area contributed by atoms with Crippen LogP contribution in [0.2, 0.25) is 0 Å². The van der Waals surface area contributed by atoms with Crippen LogP contribution < -0.4 is 11.3 Å². The van der Waals surface area contributed by atoms with Crippen molar-refractivity contribution in [3.05, 3.63) is 58.6 Å². The van der Waals surface area contributed by atoms with E-state index in [1.807, 2.05) is 29.0 Å². The van der Waals surface area contributed by atoms with Gasteiger partial charge in [-0.25, -0.2) is 9.78 Å². The van der Waals surface area contributed by atoms with E-state index in [1.165, 1.54) is 7.11 Å². The Kier molecular flexibility index (Phi) is 6.60. The van der Waals surface area contributed by atoms with Gasteiger partial charge in [-0.2, -0.15) is 5.10 Å². The normalized spacial score (nSPS) is 10.9. The number of carboxylic acid groups (broad SMARTS) is 1. The maximum Gasteiger partial charge on any atom is 0.337 e. The van der Waals surface area contributed by atoms with Crippen molar-refractivity contribution in [3.63, 3.8) is 0 Å². The Bertz CT molecular complexity index is 1610. The topological polar surface area (TPSA) is 169 Å². The monoisotopic (exact) mass is 476 g/mol. The number of aromatic nitrogens is 5. The van der Waals surface area contributed by atoms with Crippen molar-refractivity contribution in [2.75, 3.05) is 13.7 Å². The molecule has 3 aromatic heterocycles. The van der Waals surface area contributed by atoms with Crippen molar-refractivity contribution in [1.82, 2.24) is 24.7 Å². The first-order valence-electron chi connectivity index (χ1n) is 10.8. The number of hydrogen-bond acceptors (Lipinski definition) is 7. The van der Waals surface area contributed by atoms with Crippen LogP contribution in [0.1, 0.15) is 23.7 Å². The molecule has 11 nitrogen and oxygen atoms in total. The summed E-state index contributed by atoms with van der Waals surface area (Å²) in [6, 6.07) is 8.99. The van der Waals surface area contributed by atoms with Gasteiger partial charge in [0.15, 0.2) is 0 Å². The van der Waals surface area contributed by atoms with Gasteiger partial charge in [0.05, 0.1) is 35.4 Å². The molecule has 35 heavy (non-hydrogen) atoms. The highest BCUT2D eigenvalue weighted by Crippen LogP contribution is 2.30. The molecule has 0 radical (unpaired) electrons. The first-order valence-corrected chi connectivity index (χ1v) is 10.8. The van der Waals surface area contributed by atoms with E-state index in [2.05, 4.69) is 20.2 Å². The van der Waals surface area contributed by atoms with Crippen molar-refractivity contribution in [2.45, 2.75) is 19.9 Å². The van der Waals surface area contributed by atoms with Gasteiger partial charge >= 0.3 is 5.97 Å². The van der Waals surface area contributed by atoms with E-state index in [9.17, 15) is 9.59 Å². The van der Waals surface area contributed by atoms with E-state index in [0.29, 0.717) is 35.2 Å². The molecule has 5 aromatic rings. The molecular weight excluding hydrogens is 452 g/mol. The lowest BCUT2D eigenvalue weighted by atomic mass is 10.1. The van der Waals surface area contributed by atoms with Crippen LogP contribution in [0.5, 0.6) is 0 Å². The predicted octanol–water partition coefficient (Wildman–Crippen LogP) is 2.65. The first kappa shape index (κ1) is 23.6. The minimum atomic E-state index is -0.833. The molecule has 0 saturated carbocycles. The van der Waals surface area contributed by atoms with Crippen LogP contribution in [0, 0.1) is 0 Å². The number of carboxylic acids is 1. The van der Waals surface area contributed by atoms with Crippen LogP contribution in [-0.2, 0) is 16.1 Å². The zero-order valence-corrected chi connectivity index (χ0v) is 19.2. The van der Waals surface area contributed by atoms with Crippen LogP contribution in [0.15, 0.2) is 47.5 Å². The molecule has 11 heteroatoms. The highest BCUT2D eigenvalue weighted by Gasteiger charge is 2.18. The van der Waals surface area contributed by atoms with Crippen molar-refractivity contribution in [2.24, 2.45) is 5.73 Å². The number of hydrogen-bond donors (Lipinski definition) is 4. The van der Waals surface area contributed by atoms with Crippen LogP contribution in [0.25, 0.3) is 44.1 Å². The first-order chi connectivity index (χ1) is 16.8. The number of methoxy groups -OCH3 is 1. The lowest BCUT2D eigenvalue weighted by molar-refractivity contribution is -0.134. The number of nitrogens with two attached hydrogens (primary N) is 1. The summed E-state index contributed by atoms with van der Waals surface area (Å²) in [5.74, 6) is -1.27. The molecule has 0 fully saturated rings. The van der Waals surface area contributed by atoms with E-state index in [0.717, 1.165) is 35.2 Å². The highest BCUT2D eigenvalue weighted by atomic mass is 16.5. The van der Waals surface area contributed by atoms with Gasteiger partial charge in [0.1, 0.15) is 5.69 Å². The Labute approximate surface area is 198 Å². The highest BCUT2D eigenvalue weighted by molar-refractivity contribution is 6.01. The number of benzene rings is 2. The number of carbonyl (C=O) groups excluding carboxylic acids is 1.